The van der Waals surface area contributed by atoms with Crippen LogP contribution >= 0.6 is 11.6 Å². The van der Waals surface area contributed by atoms with E-state index in [0.29, 0.717) is 23.7 Å². The van der Waals surface area contributed by atoms with Gasteiger partial charge in [0.2, 0.25) is 5.91 Å². The van der Waals surface area contributed by atoms with Gasteiger partial charge in [0.05, 0.1) is 0 Å². The van der Waals surface area contributed by atoms with Crippen LogP contribution in [0.25, 0.3) is 0 Å². The lowest BCUT2D eigenvalue weighted by Gasteiger charge is -2.22. The number of benzene rings is 2. The molecule has 0 saturated carbocycles. The first-order valence-electron chi connectivity index (χ1n) is 7.77. The summed E-state index contributed by atoms with van der Waals surface area (Å²) in [5.41, 5.74) is 3.64. The zero-order valence-electron chi connectivity index (χ0n) is 14.1. The highest BCUT2D eigenvalue weighted by Crippen LogP contribution is 2.18. The molecule has 0 saturated heterocycles. The molecule has 0 heterocycles. The first-order valence-corrected chi connectivity index (χ1v) is 8.15. The number of halogens is 1. The van der Waals surface area contributed by atoms with Crippen LogP contribution in [0.5, 0.6) is 0 Å². The number of hydrogen-bond donors (Lipinski definition) is 1. The van der Waals surface area contributed by atoms with Gasteiger partial charge >= 0.3 is 0 Å². The standard InChI is InChI=1S/C19H21ClN2O2/c1-13-7-8-18(11-14(13)2)22(15(3)23)10-9-21-19(24)16-5-4-6-17(20)12-16/h4-8,11-12H,9-10H2,1-3H3,(H,21,24). The molecular formula is C19H21ClN2O2. The molecule has 0 unspecified atom stereocenters. The second-order valence-electron chi connectivity index (χ2n) is 5.71. The summed E-state index contributed by atoms with van der Waals surface area (Å²) in [6.07, 6.45) is 0. The fraction of sp³-hybridized carbons (Fsp3) is 0.263. The van der Waals surface area contributed by atoms with Crippen molar-refractivity contribution in [2.24, 2.45) is 0 Å². The van der Waals surface area contributed by atoms with Crippen LogP contribution in [-0.4, -0.2) is 24.9 Å². The summed E-state index contributed by atoms with van der Waals surface area (Å²) in [7, 11) is 0. The van der Waals surface area contributed by atoms with Gasteiger partial charge in [0.1, 0.15) is 0 Å². The second kappa shape index (κ2) is 7.97. The van der Waals surface area contributed by atoms with Crippen molar-refractivity contribution < 1.29 is 9.59 Å². The Morgan fingerprint density at radius 2 is 1.83 bits per heavy atom. The number of nitrogens with zero attached hydrogens (tertiary/aromatic N) is 1. The van der Waals surface area contributed by atoms with Gasteiger partial charge < -0.3 is 10.2 Å². The monoisotopic (exact) mass is 344 g/mol. The van der Waals surface area contributed by atoms with E-state index in [2.05, 4.69) is 5.32 Å². The molecule has 0 spiro atoms. The van der Waals surface area contributed by atoms with Crippen LogP contribution in [0, 0.1) is 13.8 Å². The summed E-state index contributed by atoms with van der Waals surface area (Å²) in [6.45, 7) is 6.33. The summed E-state index contributed by atoms with van der Waals surface area (Å²) in [6, 6.07) is 12.7. The highest BCUT2D eigenvalue weighted by molar-refractivity contribution is 6.30. The molecule has 0 aromatic heterocycles. The average Bonchev–Trinajstić information content (AvgIpc) is 2.54. The molecule has 2 aromatic carbocycles. The van der Waals surface area contributed by atoms with Crippen molar-refractivity contribution >= 4 is 29.1 Å². The lowest BCUT2D eigenvalue weighted by Crippen LogP contribution is -2.37. The fourth-order valence-electron chi connectivity index (χ4n) is 2.37. The lowest BCUT2D eigenvalue weighted by atomic mass is 10.1. The predicted molar refractivity (Wildman–Crippen MR) is 97.7 cm³/mol. The van der Waals surface area contributed by atoms with E-state index in [9.17, 15) is 9.59 Å². The van der Waals surface area contributed by atoms with Crippen LogP contribution in [0.1, 0.15) is 28.4 Å². The molecule has 1 N–H and O–H groups in total. The Kier molecular flexibility index (Phi) is 5.99. The minimum atomic E-state index is -0.207. The largest absolute Gasteiger partial charge is 0.350 e. The zero-order valence-corrected chi connectivity index (χ0v) is 14.9. The van der Waals surface area contributed by atoms with Gasteiger partial charge in [0.25, 0.3) is 5.91 Å². The van der Waals surface area contributed by atoms with E-state index < -0.39 is 0 Å². The summed E-state index contributed by atoms with van der Waals surface area (Å²) in [5.74, 6) is -0.267. The van der Waals surface area contributed by atoms with Crippen LogP contribution in [0.2, 0.25) is 5.02 Å². The van der Waals surface area contributed by atoms with Crippen LogP contribution in [-0.2, 0) is 4.79 Å². The van der Waals surface area contributed by atoms with E-state index in [1.54, 1.807) is 29.2 Å². The van der Waals surface area contributed by atoms with Crippen molar-refractivity contribution in [2.75, 3.05) is 18.0 Å². The van der Waals surface area contributed by atoms with Gasteiger partial charge in [-0.3, -0.25) is 9.59 Å². The smallest absolute Gasteiger partial charge is 0.251 e. The number of anilines is 1. The van der Waals surface area contributed by atoms with Crippen LogP contribution in [0.15, 0.2) is 42.5 Å². The lowest BCUT2D eigenvalue weighted by molar-refractivity contribution is -0.116. The van der Waals surface area contributed by atoms with E-state index in [-0.39, 0.29) is 11.8 Å². The van der Waals surface area contributed by atoms with Crippen LogP contribution in [0.3, 0.4) is 0 Å². The molecule has 126 valence electrons. The zero-order chi connectivity index (χ0) is 17.7. The maximum atomic E-state index is 12.1. The molecule has 24 heavy (non-hydrogen) atoms. The Labute approximate surface area is 147 Å². The van der Waals surface area contributed by atoms with Gasteiger partial charge in [0, 0.05) is 36.3 Å². The fourth-order valence-corrected chi connectivity index (χ4v) is 2.57. The van der Waals surface area contributed by atoms with Crippen LogP contribution < -0.4 is 10.2 Å². The number of amides is 2. The number of rotatable bonds is 5. The van der Waals surface area contributed by atoms with Crippen molar-refractivity contribution in [1.29, 1.82) is 0 Å². The third-order valence-electron chi connectivity index (χ3n) is 3.89. The molecule has 2 rings (SSSR count). The normalized spacial score (nSPS) is 10.3. The molecule has 5 heteroatoms. The van der Waals surface area contributed by atoms with Gasteiger partial charge in [-0.1, -0.05) is 23.7 Å². The predicted octanol–water partition coefficient (Wildman–Crippen LogP) is 3.74. The molecule has 0 aliphatic heterocycles. The summed E-state index contributed by atoms with van der Waals surface area (Å²) < 4.78 is 0. The highest BCUT2D eigenvalue weighted by atomic mass is 35.5. The van der Waals surface area contributed by atoms with Gasteiger partial charge in [-0.15, -0.1) is 0 Å². The van der Waals surface area contributed by atoms with Gasteiger partial charge in [-0.05, 0) is 55.3 Å². The third kappa shape index (κ3) is 4.59. The molecule has 0 aliphatic rings. The Morgan fingerprint density at radius 1 is 1.08 bits per heavy atom. The summed E-state index contributed by atoms with van der Waals surface area (Å²) in [4.78, 5) is 25.7. The molecule has 0 aliphatic carbocycles. The van der Waals surface area contributed by atoms with E-state index in [1.807, 2.05) is 32.0 Å². The first kappa shape index (κ1) is 18.0. The minimum Gasteiger partial charge on any atom is -0.350 e. The van der Waals surface area contributed by atoms with Gasteiger partial charge in [-0.25, -0.2) is 0 Å². The van der Waals surface area contributed by atoms with Crippen LogP contribution in [0.4, 0.5) is 5.69 Å². The Balaban J connectivity index is 2.00. The topological polar surface area (TPSA) is 49.4 Å². The number of hydrogen-bond acceptors (Lipinski definition) is 2. The maximum Gasteiger partial charge on any atom is 0.251 e. The van der Waals surface area contributed by atoms with E-state index in [4.69, 9.17) is 11.6 Å². The molecular weight excluding hydrogens is 324 g/mol. The quantitative estimate of drug-likeness (QED) is 0.898. The van der Waals surface area contributed by atoms with Crippen molar-refractivity contribution in [3.05, 3.63) is 64.2 Å². The third-order valence-corrected chi connectivity index (χ3v) is 4.13. The van der Waals surface area contributed by atoms with Gasteiger partial charge in [-0.2, -0.15) is 0 Å². The average molecular weight is 345 g/mol. The molecule has 2 aromatic rings. The van der Waals surface area contributed by atoms with Crippen molar-refractivity contribution in [3.8, 4) is 0 Å². The summed E-state index contributed by atoms with van der Waals surface area (Å²) >= 11 is 5.89. The molecule has 4 nitrogen and oxygen atoms in total. The highest BCUT2D eigenvalue weighted by Gasteiger charge is 2.13. The maximum absolute atomic E-state index is 12.1. The van der Waals surface area contributed by atoms with Gasteiger partial charge in [0.15, 0.2) is 0 Å². The summed E-state index contributed by atoms with van der Waals surface area (Å²) in [5, 5.41) is 3.33. The van der Waals surface area contributed by atoms with E-state index in [1.165, 1.54) is 12.5 Å². The van der Waals surface area contributed by atoms with E-state index in [0.717, 1.165) is 11.3 Å². The van der Waals surface area contributed by atoms with E-state index >= 15 is 0 Å². The Hall–Kier alpha value is -2.33. The van der Waals surface area contributed by atoms with Crippen molar-refractivity contribution in [2.45, 2.75) is 20.8 Å². The SMILES string of the molecule is CC(=O)N(CCNC(=O)c1cccc(Cl)c1)c1ccc(C)c(C)c1. The number of carbonyl (C=O) groups excluding carboxylic acids is 2. The molecule has 0 atom stereocenters. The Bertz CT molecular complexity index is 759. The number of carbonyl (C=O) groups is 2. The van der Waals surface area contributed by atoms with Crippen molar-refractivity contribution in [3.63, 3.8) is 0 Å². The number of nitrogens with one attached hydrogen (secondary N) is 1. The molecule has 0 fully saturated rings. The minimum absolute atomic E-state index is 0.0599. The first-order chi connectivity index (χ1) is 11.4. The van der Waals surface area contributed by atoms with Crippen molar-refractivity contribution in [1.82, 2.24) is 5.32 Å². The number of aryl methyl sites for hydroxylation is 2. The molecule has 0 bridgehead atoms. The molecule has 0 radical (unpaired) electrons. The Morgan fingerprint density at radius 3 is 2.46 bits per heavy atom. The second-order valence-corrected chi connectivity index (χ2v) is 6.14. The molecule has 2 amide bonds.